The van der Waals surface area contributed by atoms with Gasteiger partial charge in [0.15, 0.2) is 0 Å². The predicted molar refractivity (Wildman–Crippen MR) is 94.0 cm³/mol. The van der Waals surface area contributed by atoms with E-state index in [-0.39, 0.29) is 6.04 Å². The van der Waals surface area contributed by atoms with Crippen LogP contribution < -0.4 is 5.32 Å². The van der Waals surface area contributed by atoms with Crippen molar-refractivity contribution in [2.24, 2.45) is 0 Å². The highest BCUT2D eigenvalue weighted by Gasteiger charge is 2.24. The van der Waals surface area contributed by atoms with Crippen molar-refractivity contribution >= 4 is 15.9 Å². The summed E-state index contributed by atoms with van der Waals surface area (Å²) in [5.41, 5.74) is 3.51. The van der Waals surface area contributed by atoms with Crippen LogP contribution in [0.3, 0.4) is 0 Å². The summed E-state index contributed by atoms with van der Waals surface area (Å²) in [5, 5.41) is 3.49. The third-order valence-electron chi connectivity index (χ3n) is 4.09. The summed E-state index contributed by atoms with van der Waals surface area (Å²) in [6.07, 6.45) is 1.18. The fourth-order valence-corrected chi connectivity index (χ4v) is 3.50. The molecule has 1 aliphatic rings. The Kier molecular flexibility index (Phi) is 5.24. The average Bonchev–Trinajstić information content (AvgIpc) is 2.77. The van der Waals surface area contributed by atoms with Gasteiger partial charge in [-0.3, -0.25) is 9.88 Å². The number of hydrogen-bond donors (Lipinski definition) is 1. The first-order valence-electron chi connectivity index (χ1n) is 7.88. The molecule has 0 radical (unpaired) electrons. The Balaban J connectivity index is 2.01. The largest absolute Gasteiger partial charge is 0.315 e. The molecule has 4 heteroatoms. The maximum Gasteiger partial charge on any atom is 0.0777 e. The van der Waals surface area contributed by atoms with Crippen molar-refractivity contribution in [1.29, 1.82) is 0 Å². The lowest BCUT2D eigenvalue weighted by Crippen LogP contribution is -2.33. The third kappa shape index (κ3) is 3.75. The van der Waals surface area contributed by atoms with Gasteiger partial charge in [0, 0.05) is 29.8 Å². The summed E-state index contributed by atoms with van der Waals surface area (Å²) in [6, 6.07) is 15.1. The molecule has 2 aromatic rings. The molecular formula is C18H22BrN3. The number of halogens is 1. The molecule has 0 bridgehead atoms. The zero-order valence-electron chi connectivity index (χ0n) is 12.9. The molecule has 22 heavy (non-hydrogen) atoms. The van der Waals surface area contributed by atoms with Gasteiger partial charge in [0.25, 0.3) is 0 Å². The van der Waals surface area contributed by atoms with Gasteiger partial charge in [-0.05, 0) is 49.7 Å². The topological polar surface area (TPSA) is 28.2 Å². The van der Waals surface area contributed by atoms with Crippen molar-refractivity contribution in [3.8, 4) is 0 Å². The van der Waals surface area contributed by atoms with Gasteiger partial charge in [-0.25, -0.2) is 0 Å². The van der Waals surface area contributed by atoms with Crippen molar-refractivity contribution < 1.29 is 0 Å². The lowest BCUT2D eigenvalue weighted by atomic mass is 10.0. The van der Waals surface area contributed by atoms with E-state index in [0.717, 1.165) is 42.0 Å². The summed E-state index contributed by atoms with van der Waals surface area (Å²) in [5.74, 6) is 0. The van der Waals surface area contributed by atoms with E-state index in [0.29, 0.717) is 0 Å². The van der Waals surface area contributed by atoms with Crippen LogP contribution in [0.15, 0.2) is 46.9 Å². The molecule has 1 aromatic heterocycles. The SMILES string of the molecule is Cc1cccc(C(c2cccc(Br)c2)N2CCCNCC2)n1. The highest BCUT2D eigenvalue weighted by Crippen LogP contribution is 2.29. The van der Waals surface area contributed by atoms with E-state index in [9.17, 15) is 0 Å². The van der Waals surface area contributed by atoms with Crippen LogP contribution in [0.4, 0.5) is 0 Å². The van der Waals surface area contributed by atoms with Crippen LogP contribution >= 0.6 is 15.9 Å². The number of aromatic nitrogens is 1. The molecule has 1 aromatic carbocycles. The molecule has 1 N–H and O–H groups in total. The van der Waals surface area contributed by atoms with Crippen molar-refractivity contribution in [3.63, 3.8) is 0 Å². The molecule has 0 amide bonds. The van der Waals surface area contributed by atoms with Crippen LogP contribution in [0.25, 0.3) is 0 Å². The third-order valence-corrected chi connectivity index (χ3v) is 4.59. The monoisotopic (exact) mass is 359 g/mol. The second-order valence-electron chi connectivity index (χ2n) is 5.80. The Hall–Kier alpha value is -1.23. The Morgan fingerprint density at radius 1 is 1.14 bits per heavy atom. The fourth-order valence-electron chi connectivity index (χ4n) is 3.09. The quantitative estimate of drug-likeness (QED) is 0.908. The zero-order chi connectivity index (χ0) is 15.4. The number of benzene rings is 1. The normalized spacial score (nSPS) is 17.9. The second-order valence-corrected chi connectivity index (χ2v) is 6.72. The highest BCUT2D eigenvalue weighted by atomic mass is 79.9. The molecule has 1 saturated heterocycles. The molecule has 3 nitrogen and oxygen atoms in total. The molecule has 0 aliphatic carbocycles. The first-order chi connectivity index (χ1) is 10.7. The van der Waals surface area contributed by atoms with Gasteiger partial charge < -0.3 is 5.32 Å². The van der Waals surface area contributed by atoms with Crippen molar-refractivity contribution in [1.82, 2.24) is 15.2 Å². The Labute approximate surface area is 140 Å². The number of nitrogens with one attached hydrogen (secondary N) is 1. The molecule has 0 saturated carbocycles. The minimum Gasteiger partial charge on any atom is -0.315 e. The lowest BCUT2D eigenvalue weighted by molar-refractivity contribution is 0.237. The molecule has 1 unspecified atom stereocenters. The first kappa shape index (κ1) is 15.7. The van der Waals surface area contributed by atoms with E-state index in [1.807, 2.05) is 0 Å². The van der Waals surface area contributed by atoms with E-state index in [1.54, 1.807) is 0 Å². The Morgan fingerprint density at radius 2 is 2.00 bits per heavy atom. The van der Waals surface area contributed by atoms with Crippen LogP contribution in [0.1, 0.15) is 29.4 Å². The van der Waals surface area contributed by atoms with Crippen LogP contribution in [0, 0.1) is 6.92 Å². The fraction of sp³-hybridized carbons (Fsp3) is 0.389. The maximum atomic E-state index is 4.81. The standard InChI is InChI=1S/C18H22BrN3/c1-14-5-2-8-17(21-14)18(15-6-3-7-16(19)13-15)22-11-4-9-20-10-12-22/h2-3,5-8,13,18,20H,4,9-12H2,1H3. The molecule has 1 fully saturated rings. The van der Waals surface area contributed by atoms with Crippen molar-refractivity contribution in [2.45, 2.75) is 19.4 Å². The average molecular weight is 360 g/mol. The minimum atomic E-state index is 0.220. The summed E-state index contributed by atoms with van der Waals surface area (Å²) >= 11 is 3.61. The van der Waals surface area contributed by atoms with Crippen LogP contribution in [-0.4, -0.2) is 36.1 Å². The highest BCUT2D eigenvalue weighted by molar-refractivity contribution is 9.10. The van der Waals surface area contributed by atoms with E-state index in [2.05, 4.69) is 75.5 Å². The van der Waals surface area contributed by atoms with E-state index in [4.69, 9.17) is 4.98 Å². The smallest absolute Gasteiger partial charge is 0.0777 e. The van der Waals surface area contributed by atoms with Gasteiger partial charge in [-0.15, -0.1) is 0 Å². The Bertz CT molecular complexity index is 576. The van der Waals surface area contributed by atoms with Crippen LogP contribution in [-0.2, 0) is 0 Å². The van der Waals surface area contributed by atoms with Crippen LogP contribution in [0.5, 0.6) is 0 Å². The number of hydrogen-bond acceptors (Lipinski definition) is 3. The van der Waals surface area contributed by atoms with E-state index >= 15 is 0 Å². The molecular weight excluding hydrogens is 338 g/mol. The molecule has 0 spiro atoms. The van der Waals surface area contributed by atoms with Gasteiger partial charge in [0.1, 0.15) is 0 Å². The second kappa shape index (κ2) is 7.36. The lowest BCUT2D eigenvalue weighted by Gasteiger charge is -2.30. The molecule has 1 atom stereocenters. The van der Waals surface area contributed by atoms with Gasteiger partial charge in [-0.1, -0.05) is 34.1 Å². The van der Waals surface area contributed by atoms with Gasteiger partial charge in [0.2, 0.25) is 0 Å². The predicted octanol–water partition coefficient (Wildman–Crippen LogP) is 3.54. The van der Waals surface area contributed by atoms with Crippen molar-refractivity contribution in [2.75, 3.05) is 26.2 Å². The van der Waals surface area contributed by atoms with E-state index in [1.165, 1.54) is 12.0 Å². The van der Waals surface area contributed by atoms with Gasteiger partial charge in [-0.2, -0.15) is 0 Å². The number of nitrogens with zero attached hydrogens (tertiary/aromatic N) is 2. The Morgan fingerprint density at radius 3 is 2.82 bits per heavy atom. The first-order valence-corrected chi connectivity index (χ1v) is 8.67. The van der Waals surface area contributed by atoms with Gasteiger partial charge in [0.05, 0.1) is 11.7 Å². The molecule has 2 heterocycles. The number of aryl methyl sites for hydroxylation is 1. The maximum absolute atomic E-state index is 4.81. The number of pyridine rings is 1. The molecule has 116 valence electrons. The summed E-state index contributed by atoms with van der Waals surface area (Å²) in [7, 11) is 0. The molecule has 3 rings (SSSR count). The van der Waals surface area contributed by atoms with Crippen molar-refractivity contribution in [3.05, 3.63) is 63.9 Å². The van der Waals surface area contributed by atoms with Gasteiger partial charge >= 0.3 is 0 Å². The van der Waals surface area contributed by atoms with E-state index < -0.39 is 0 Å². The minimum absolute atomic E-state index is 0.220. The number of rotatable bonds is 3. The summed E-state index contributed by atoms with van der Waals surface area (Å²) < 4.78 is 1.12. The molecule has 1 aliphatic heterocycles. The summed E-state index contributed by atoms with van der Waals surface area (Å²) in [4.78, 5) is 7.35. The zero-order valence-corrected chi connectivity index (χ0v) is 14.5. The van der Waals surface area contributed by atoms with Crippen LogP contribution in [0.2, 0.25) is 0 Å². The summed E-state index contributed by atoms with van der Waals surface area (Å²) in [6.45, 7) is 6.34.